The molecule has 2 nitrogen and oxygen atoms in total. The van der Waals surface area contributed by atoms with Gasteiger partial charge >= 0.3 is 0 Å². The van der Waals surface area contributed by atoms with E-state index in [0.29, 0.717) is 5.69 Å². The summed E-state index contributed by atoms with van der Waals surface area (Å²) in [6.07, 6.45) is -0.693. The molecular weight excluding hydrogens is 158 g/mol. The number of carbonyl (C=O) groups is 1. The highest BCUT2D eigenvalue weighted by Gasteiger charge is 2.19. The van der Waals surface area contributed by atoms with Crippen molar-refractivity contribution in [2.45, 2.75) is 26.2 Å². The minimum Gasteiger partial charge on any atom is -0.296 e. The molecule has 11 heavy (non-hydrogen) atoms. The molecule has 0 saturated carbocycles. The van der Waals surface area contributed by atoms with Gasteiger partial charge in [-0.3, -0.25) is 4.79 Å². The van der Waals surface area contributed by atoms with Crippen LogP contribution in [-0.4, -0.2) is 11.2 Å². The van der Waals surface area contributed by atoms with Gasteiger partial charge in [-0.15, -0.1) is 11.3 Å². The average molecular weight is 170 g/mol. The van der Waals surface area contributed by atoms with Gasteiger partial charge in [-0.1, -0.05) is 20.8 Å². The van der Waals surface area contributed by atoms with Gasteiger partial charge in [0.2, 0.25) is 0 Å². The summed E-state index contributed by atoms with van der Waals surface area (Å²) in [7, 11) is 0. The summed E-state index contributed by atoms with van der Waals surface area (Å²) in [5.74, 6) is 0. The first-order valence-electron chi connectivity index (χ1n) is 3.88. The lowest BCUT2D eigenvalue weighted by Crippen LogP contribution is -2.11. The zero-order chi connectivity index (χ0) is 9.35. The number of aldehydes is 1. The average Bonchev–Trinajstić information content (AvgIpc) is 2.30. The van der Waals surface area contributed by atoms with E-state index >= 15 is 0 Å². The summed E-state index contributed by atoms with van der Waals surface area (Å²) in [4.78, 5) is 15.5. The van der Waals surface area contributed by atoms with E-state index in [2.05, 4.69) is 4.98 Å². The van der Waals surface area contributed by atoms with Crippen LogP contribution >= 0.6 is 11.3 Å². The number of carbonyl (C=O) groups excluding carboxylic acids is 1. The Balaban J connectivity index is 3.17. The second-order valence-electron chi connectivity index (χ2n) is 3.38. The van der Waals surface area contributed by atoms with E-state index in [9.17, 15) is 4.79 Å². The van der Waals surface area contributed by atoms with Crippen molar-refractivity contribution in [3.63, 3.8) is 0 Å². The molecule has 0 radical (unpaired) electrons. The molecule has 3 heteroatoms. The number of thiazole rings is 1. The van der Waals surface area contributed by atoms with Crippen LogP contribution in [0.1, 0.15) is 37.5 Å². The molecule has 0 unspecified atom stereocenters. The van der Waals surface area contributed by atoms with Crippen molar-refractivity contribution in [1.29, 1.82) is 0 Å². The van der Waals surface area contributed by atoms with Crippen LogP contribution in [-0.2, 0) is 5.41 Å². The number of rotatable bonds is 1. The SMILES string of the molecule is [2H]C(=O)c1ncsc1C(C)(C)C. The standard InChI is InChI=1S/C8H11NOS/c1-8(2,3)7-6(4-10)9-5-11-7/h4-5H,1-3H3/i4D. The van der Waals surface area contributed by atoms with Crippen LogP contribution in [0.5, 0.6) is 0 Å². The van der Waals surface area contributed by atoms with Gasteiger partial charge in [0.1, 0.15) is 7.06 Å². The summed E-state index contributed by atoms with van der Waals surface area (Å²) < 4.78 is 6.96. The third-order valence-electron chi connectivity index (χ3n) is 1.35. The highest BCUT2D eigenvalue weighted by atomic mass is 32.1. The van der Waals surface area contributed by atoms with Gasteiger partial charge in [-0.05, 0) is 5.41 Å². The molecule has 0 atom stereocenters. The van der Waals surface area contributed by atoms with E-state index in [4.69, 9.17) is 1.37 Å². The Labute approximate surface area is 71.7 Å². The van der Waals surface area contributed by atoms with E-state index in [0.717, 1.165) is 4.88 Å². The van der Waals surface area contributed by atoms with Crippen molar-refractivity contribution < 1.29 is 6.17 Å². The number of hydrogen-bond acceptors (Lipinski definition) is 3. The van der Waals surface area contributed by atoms with Crippen LogP contribution in [0.25, 0.3) is 0 Å². The van der Waals surface area contributed by atoms with E-state index in [-0.39, 0.29) is 5.41 Å². The Hall–Kier alpha value is -0.700. The van der Waals surface area contributed by atoms with Crippen LogP contribution < -0.4 is 0 Å². The smallest absolute Gasteiger partial charge is 0.169 e. The molecule has 1 aromatic rings. The van der Waals surface area contributed by atoms with Gasteiger partial charge in [0, 0.05) is 4.88 Å². The summed E-state index contributed by atoms with van der Waals surface area (Å²) in [6.45, 7) is 6.02. The first-order chi connectivity index (χ1) is 5.43. The zero-order valence-electron chi connectivity index (χ0n) is 7.84. The zero-order valence-corrected chi connectivity index (χ0v) is 7.66. The van der Waals surface area contributed by atoms with Crippen molar-refractivity contribution in [2.24, 2.45) is 0 Å². The minimum atomic E-state index is -0.693. The summed E-state index contributed by atoms with van der Waals surface area (Å²) >= 11 is 1.43. The largest absolute Gasteiger partial charge is 0.296 e. The second-order valence-corrected chi connectivity index (χ2v) is 4.24. The lowest BCUT2D eigenvalue weighted by Gasteiger charge is -2.15. The molecule has 0 aliphatic carbocycles. The third kappa shape index (κ3) is 1.66. The predicted octanol–water partition coefficient (Wildman–Crippen LogP) is 2.25. The number of nitrogens with zero attached hydrogens (tertiary/aromatic N) is 1. The van der Waals surface area contributed by atoms with Crippen molar-refractivity contribution in [3.05, 3.63) is 16.1 Å². The topological polar surface area (TPSA) is 30.0 Å². The van der Waals surface area contributed by atoms with Gasteiger partial charge < -0.3 is 0 Å². The Kier molecular flexibility index (Phi) is 1.74. The molecule has 1 aromatic heterocycles. The minimum absolute atomic E-state index is 0.0901. The van der Waals surface area contributed by atoms with E-state index in [1.165, 1.54) is 11.3 Å². The molecule has 0 saturated heterocycles. The van der Waals surface area contributed by atoms with Crippen LogP contribution in [0, 0.1) is 0 Å². The first-order valence-corrected chi connectivity index (χ1v) is 4.26. The van der Waals surface area contributed by atoms with Gasteiger partial charge in [0.05, 0.1) is 5.51 Å². The second kappa shape index (κ2) is 2.74. The van der Waals surface area contributed by atoms with Crippen LogP contribution in [0.2, 0.25) is 0 Å². The quantitative estimate of drug-likeness (QED) is 0.605. The van der Waals surface area contributed by atoms with E-state index in [1.807, 2.05) is 20.8 Å². The normalized spacial score (nSPS) is 12.8. The molecule has 1 heterocycles. The van der Waals surface area contributed by atoms with Gasteiger partial charge in [0.15, 0.2) is 6.26 Å². The molecule has 0 spiro atoms. The summed E-state index contributed by atoms with van der Waals surface area (Å²) in [5.41, 5.74) is 1.82. The Morgan fingerprint density at radius 2 is 2.36 bits per heavy atom. The third-order valence-corrected chi connectivity index (χ3v) is 2.60. The Morgan fingerprint density at radius 1 is 1.73 bits per heavy atom. The maximum absolute atomic E-state index is 10.8. The monoisotopic (exact) mass is 170 g/mol. The fourth-order valence-electron chi connectivity index (χ4n) is 0.851. The molecule has 0 amide bonds. The molecule has 1 rings (SSSR count). The first kappa shape index (κ1) is 6.98. The number of hydrogen-bond donors (Lipinski definition) is 0. The highest BCUT2D eigenvalue weighted by Crippen LogP contribution is 2.27. The van der Waals surface area contributed by atoms with Crippen molar-refractivity contribution in [3.8, 4) is 0 Å². The predicted molar refractivity (Wildman–Crippen MR) is 46.2 cm³/mol. The summed E-state index contributed by atoms with van der Waals surface area (Å²) in [5, 5.41) is 0. The maximum Gasteiger partial charge on any atom is 0.169 e. The summed E-state index contributed by atoms with van der Waals surface area (Å²) in [6, 6.07) is 0. The fourth-order valence-corrected chi connectivity index (χ4v) is 1.67. The van der Waals surface area contributed by atoms with Gasteiger partial charge in [-0.2, -0.15) is 0 Å². The number of aromatic nitrogens is 1. The molecular formula is C8H11NOS. The van der Waals surface area contributed by atoms with Crippen molar-refractivity contribution >= 4 is 17.6 Å². The highest BCUT2D eigenvalue weighted by molar-refractivity contribution is 7.10. The Morgan fingerprint density at radius 3 is 2.73 bits per heavy atom. The molecule has 0 bridgehead atoms. The van der Waals surface area contributed by atoms with Crippen LogP contribution in [0.15, 0.2) is 5.51 Å². The van der Waals surface area contributed by atoms with E-state index < -0.39 is 6.26 Å². The lowest BCUT2D eigenvalue weighted by molar-refractivity contribution is 0.111. The van der Waals surface area contributed by atoms with Crippen molar-refractivity contribution in [1.82, 2.24) is 4.98 Å². The molecule has 0 aliphatic rings. The van der Waals surface area contributed by atoms with Crippen LogP contribution in [0.4, 0.5) is 0 Å². The Bertz CT molecular complexity index is 300. The molecule has 0 aliphatic heterocycles. The van der Waals surface area contributed by atoms with Gasteiger partial charge in [-0.25, -0.2) is 4.98 Å². The van der Waals surface area contributed by atoms with E-state index in [1.54, 1.807) is 5.51 Å². The molecule has 60 valence electrons. The molecule has 0 aromatic carbocycles. The van der Waals surface area contributed by atoms with Crippen LogP contribution in [0.3, 0.4) is 0 Å². The van der Waals surface area contributed by atoms with Gasteiger partial charge in [0.25, 0.3) is 0 Å². The lowest BCUT2D eigenvalue weighted by atomic mass is 9.93. The molecule has 0 fully saturated rings. The molecule has 0 N–H and O–H groups in total. The maximum atomic E-state index is 10.8. The van der Waals surface area contributed by atoms with Crippen molar-refractivity contribution in [2.75, 3.05) is 0 Å². The fraction of sp³-hybridized carbons (Fsp3) is 0.500.